The van der Waals surface area contributed by atoms with Gasteiger partial charge >= 0.3 is 6.03 Å². The molecule has 6 heteroatoms. The molecule has 0 aliphatic heterocycles. The van der Waals surface area contributed by atoms with Crippen LogP contribution in [-0.2, 0) is 6.54 Å². The average molecular weight is 272 g/mol. The van der Waals surface area contributed by atoms with Gasteiger partial charge in [-0.2, -0.15) is 0 Å². The van der Waals surface area contributed by atoms with E-state index in [1.165, 1.54) is 23.2 Å². The Kier molecular flexibility index (Phi) is 4.49. The van der Waals surface area contributed by atoms with Gasteiger partial charge in [-0.1, -0.05) is 18.2 Å². The summed E-state index contributed by atoms with van der Waals surface area (Å²) in [4.78, 5) is 27.0. The quantitative estimate of drug-likeness (QED) is 0.882. The zero-order valence-corrected chi connectivity index (χ0v) is 11.2. The zero-order valence-electron chi connectivity index (χ0n) is 11.2. The van der Waals surface area contributed by atoms with Crippen LogP contribution in [0.15, 0.2) is 47.7 Å². The molecule has 1 aromatic heterocycles. The van der Waals surface area contributed by atoms with E-state index in [0.717, 1.165) is 11.3 Å². The third kappa shape index (κ3) is 3.68. The molecule has 20 heavy (non-hydrogen) atoms. The van der Waals surface area contributed by atoms with Gasteiger partial charge in [-0.05, 0) is 18.6 Å². The van der Waals surface area contributed by atoms with Crippen LogP contribution in [-0.4, -0.2) is 22.1 Å². The van der Waals surface area contributed by atoms with Gasteiger partial charge < -0.3 is 10.6 Å². The maximum Gasteiger partial charge on any atom is 0.319 e. The van der Waals surface area contributed by atoms with Gasteiger partial charge in [-0.25, -0.2) is 9.78 Å². The first-order chi connectivity index (χ1) is 9.66. The highest BCUT2D eigenvalue weighted by Crippen LogP contribution is 2.12. The predicted octanol–water partition coefficient (Wildman–Crippen LogP) is 1.37. The summed E-state index contributed by atoms with van der Waals surface area (Å²) >= 11 is 0. The van der Waals surface area contributed by atoms with E-state index in [1.54, 1.807) is 0 Å². The number of carbonyl (C=O) groups is 1. The van der Waals surface area contributed by atoms with E-state index in [9.17, 15) is 9.59 Å². The summed E-state index contributed by atoms with van der Waals surface area (Å²) in [6, 6.07) is 8.61. The molecule has 0 radical (unpaired) electrons. The molecule has 0 saturated carbocycles. The zero-order chi connectivity index (χ0) is 14.4. The number of nitrogens with zero attached hydrogens (tertiary/aromatic N) is 2. The van der Waals surface area contributed by atoms with Gasteiger partial charge in [0.25, 0.3) is 5.56 Å². The molecule has 2 N–H and O–H groups in total. The summed E-state index contributed by atoms with van der Waals surface area (Å²) in [5, 5.41) is 5.45. The van der Waals surface area contributed by atoms with Crippen LogP contribution in [0.1, 0.15) is 5.56 Å². The molecule has 0 unspecified atom stereocenters. The molecule has 0 aliphatic carbocycles. The molecular formula is C14H16N4O2. The molecule has 0 aliphatic rings. The normalized spacial score (nSPS) is 10.1. The molecule has 0 fully saturated rings. The van der Waals surface area contributed by atoms with Crippen LogP contribution in [0.25, 0.3) is 0 Å². The van der Waals surface area contributed by atoms with Gasteiger partial charge in [0.2, 0.25) is 0 Å². The number of urea groups is 1. The number of hydrogen-bond acceptors (Lipinski definition) is 3. The van der Waals surface area contributed by atoms with E-state index in [0.29, 0.717) is 13.1 Å². The van der Waals surface area contributed by atoms with Crippen molar-refractivity contribution < 1.29 is 4.79 Å². The number of nitrogens with one attached hydrogen (secondary N) is 2. The Hall–Kier alpha value is -2.63. The number of carbonyl (C=O) groups excluding carboxylic acids is 1. The Morgan fingerprint density at radius 3 is 2.85 bits per heavy atom. The van der Waals surface area contributed by atoms with E-state index in [4.69, 9.17) is 0 Å². The van der Waals surface area contributed by atoms with Crippen LogP contribution in [0.5, 0.6) is 0 Å². The minimum Gasteiger partial charge on any atom is -0.336 e. The lowest BCUT2D eigenvalue weighted by Crippen LogP contribution is -2.33. The van der Waals surface area contributed by atoms with Crippen molar-refractivity contribution >= 4 is 11.7 Å². The standard InChI is InChI=1S/C14H16N4O2/c1-11-4-2-3-5-12(11)17-14(20)16-8-9-18-10-15-7-6-13(18)19/h2-7,10H,8-9H2,1H3,(H2,16,17,20). The first kappa shape index (κ1) is 13.8. The Morgan fingerprint density at radius 1 is 1.30 bits per heavy atom. The van der Waals surface area contributed by atoms with E-state index >= 15 is 0 Å². The van der Waals surface area contributed by atoms with E-state index in [2.05, 4.69) is 15.6 Å². The molecule has 2 amide bonds. The Bertz CT molecular complexity index is 651. The topological polar surface area (TPSA) is 76.0 Å². The van der Waals surface area contributed by atoms with E-state index in [-0.39, 0.29) is 11.6 Å². The first-order valence-corrected chi connectivity index (χ1v) is 6.28. The highest BCUT2D eigenvalue weighted by atomic mass is 16.2. The second kappa shape index (κ2) is 6.51. The fourth-order valence-electron chi connectivity index (χ4n) is 1.72. The fraction of sp³-hybridized carbons (Fsp3) is 0.214. The van der Waals surface area contributed by atoms with Gasteiger partial charge in [0.1, 0.15) is 0 Å². The van der Waals surface area contributed by atoms with E-state index < -0.39 is 0 Å². The summed E-state index contributed by atoms with van der Waals surface area (Å²) in [6.07, 6.45) is 2.89. The van der Waals surface area contributed by atoms with Gasteiger partial charge in [0.15, 0.2) is 0 Å². The molecule has 2 aromatic rings. The lowest BCUT2D eigenvalue weighted by Gasteiger charge is -2.10. The maximum absolute atomic E-state index is 11.7. The summed E-state index contributed by atoms with van der Waals surface area (Å²) in [6.45, 7) is 2.65. The third-order valence-corrected chi connectivity index (χ3v) is 2.82. The van der Waals surface area contributed by atoms with Crippen molar-refractivity contribution in [3.05, 3.63) is 58.8 Å². The number of aryl methyl sites for hydroxylation is 1. The SMILES string of the molecule is Cc1ccccc1NC(=O)NCCn1cnccc1=O. The molecular weight excluding hydrogens is 256 g/mol. The molecule has 2 rings (SSSR count). The predicted molar refractivity (Wildman–Crippen MR) is 76.7 cm³/mol. The van der Waals surface area contributed by atoms with Crippen LogP contribution in [0.4, 0.5) is 10.5 Å². The molecule has 0 bridgehead atoms. The largest absolute Gasteiger partial charge is 0.336 e. The minimum absolute atomic E-state index is 0.138. The van der Waals surface area contributed by atoms with Crippen LogP contribution in [0, 0.1) is 6.92 Å². The summed E-state index contributed by atoms with van der Waals surface area (Å²) in [5.74, 6) is 0. The van der Waals surface area contributed by atoms with Crippen LogP contribution in [0.3, 0.4) is 0 Å². The van der Waals surface area contributed by atoms with Crippen molar-refractivity contribution in [2.75, 3.05) is 11.9 Å². The fourth-order valence-corrected chi connectivity index (χ4v) is 1.72. The first-order valence-electron chi connectivity index (χ1n) is 6.28. The van der Waals surface area contributed by atoms with Crippen molar-refractivity contribution in [3.63, 3.8) is 0 Å². The number of rotatable bonds is 4. The number of benzene rings is 1. The highest BCUT2D eigenvalue weighted by Gasteiger charge is 2.03. The van der Waals surface area contributed by atoms with Crippen LogP contribution < -0.4 is 16.2 Å². The van der Waals surface area contributed by atoms with Gasteiger partial charge in [-0.15, -0.1) is 0 Å². The van der Waals surface area contributed by atoms with Crippen molar-refractivity contribution in [1.82, 2.24) is 14.9 Å². The molecule has 0 atom stereocenters. The molecule has 1 aromatic carbocycles. The number of hydrogen-bond donors (Lipinski definition) is 2. The molecule has 1 heterocycles. The van der Waals surface area contributed by atoms with Crippen molar-refractivity contribution in [2.24, 2.45) is 0 Å². The lowest BCUT2D eigenvalue weighted by molar-refractivity contribution is 0.251. The van der Waals surface area contributed by atoms with Gasteiger partial charge in [0, 0.05) is 31.0 Å². The van der Waals surface area contributed by atoms with Crippen molar-refractivity contribution in [2.45, 2.75) is 13.5 Å². The second-order valence-electron chi connectivity index (χ2n) is 4.31. The molecule has 6 nitrogen and oxygen atoms in total. The van der Waals surface area contributed by atoms with Gasteiger partial charge in [0.05, 0.1) is 6.33 Å². The third-order valence-electron chi connectivity index (χ3n) is 2.82. The molecule has 104 valence electrons. The Labute approximate surface area is 116 Å². The molecule has 0 spiro atoms. The van der Waals surface area contributed by atoms with Crippen LogP contribution >= 0.6 is 0 Å². The highest BCUT2D eigenvalue weighted by molar-refractivity contribution is 5.89. The number of aromatic nitrogens is 2. The number of amides is 2. The van der Waals surface area contributed by atoms with E-state index in [1.807, 2.05) is 31.2 Å². The van der Waals surface area contributed by atoms with Crippen LogP contribution in [0.2, 0.25) is 0 Å². The lowest BCUT2D eigenvalue weighted by atomic mass is 10.2. The Morgan fingerprint density at radius 2 is 2.10 bits per heavy atom. The molecule has 0 saturated heterocycles. The number of anilines is 1. The summed E-state index contributed by atoms with van der Waals surface area (Å²) in [7, 11) is 0. The summed E-state index contributed by atoms with van der Waals surface area (Å²) in [5.41, 5.74) is 1.62. The van der Waals surface area contributed by atoms with Gasteiger partial charge in [-0.3, -0.25) is 9.36 Å². The summed E-state index contributed by atoms with van der Waals surface area (Å²) < 4.78 is 1.44. The number of para-hydroxylation sites is 1. The minimum atomic E-state index is -0.295. The monoisotopic (exact) mass is 272 g/mol. The average Bonchev–Trinajstić information content (AvgIpc) is 2.43. The van der Waals surface area contributed by atoms with Crippen molar-refractivity contribution in [1.29, 1.82) is 0 Å². The van der Waals surface area contributed by atoms with Crippen molar-refractivity contribution in [3.8, 4) is 0 Å². The smallest absolute Gasteiger partial charge is 0.319 e. The maximum atomic E-state index is 11.7. The Balaban J connectivity index is 1.83. The second-order valence-corrected chi connectivity index (χ2v) is 4.31.